The first-order chi connectivity index (χ1) is 20.9. The van der Waals surface area contributed by atoms with E-state index in [-0.39, 0.29) is 17.7 Å². The Bertz CT molecular complexity index is 1530. The van der Waals surface area contributed by atoms with Crippen LogP contribution < -0.4 is 14.2 Å². The van der Waals surface area contributed by atoms with Crippen LogP contribution in [-0.4, -0.2) is 38.3 Å². The Hall–Kier alpha value is -4.39. The number of aliphatic imine (C=N–C) groups is 1. The standard InChI is InChI=1S/C36H39NO6/c1-5-6-18-42-36(39)33-23(2)37-28-19-26(25-16-17-31(40-3)32(21-25)41-4)20-29(38)35(28)34(33)27-14-10-11-15-30(27)43-22-24-12-8-7-9-13-24/h7-17,21,26,33-34H,5-6,18-20,22H2,1-4H3/t26-,33?,34+/m0/s1. The number of Topliss-reactive ketones (excluding diaryl/α,β-unsaturated/α-hetero) is 1. The summed E-state index contributed by atoms with van der Waals surface area (Å²) in [4.78, 5) is 32.7. The molecule has 43 heavy (non-hydrogen) atoms. The molecule has 0 aromatic heterocycles. The van der Waals surface area contributed by atoms with Gasteiger partial charge in [-0.05, 0) is 55.0 Å². The van der Waals surface area contributed by atoms with Crippen molar-refractivity contribution in [1.82, 2.24) is 0 Å². The van der Waals surface area contributed by atoms with Crippen molar-refractivity contribution in [2.75, 3.05) is 20.8 Å². The first-order valence-corrected chi connectivity index (χ1v) is 14.9. The van der Waals surface area contributed by atoms with Crippen LogP contribution in [0.1, 0.15) is 68.1 Å². The van der Waals surface area contributed by atoms with Gasteiger partial charge in [0.05, 0.1) is 20.8 Å². The van der Waals surface area contributed by atoms with Crippen LogP contribution in [-0.2, 0) is 20.9 Å². The molecule has 0 saturated carbocycles. The molecule has 0 amide bonds. The van der Waals surface area contributed by atoms with Crippen LogP contribution in [0.25, 0.3) is 0 Å². The third-order valence-electron chi connectivity index (χ3n) is 8.25. The largest absolute Gasteiger partial charge is 0.493 e. The molecule has 0 saturated heterocycles. The van der Waals surface area contributed by atoms with Crippen molar-refractivity contribution in [2.45, 2.75) is 58.0 Å². The highest BCUT2D eigenvalue weighted by molar-refractivity contribution is 6.09. The normalized spacial score (nSPS) is 19.8. The van der Waals surface area contributed by atoms with Crippen molar-refractivity contribution in [1.29, 1.82) is 0 Å². The van der Waals surface area contributed by atoms with E-state index in [2.05, 4.69) is 6.92 Å². The molecule has 2 aliphatic rings. The monoisotopic (exact) mass is 581 g/mol. The Balaban J connectivity index is 1.54. The molecule has 5 rings (SSSR count). The van der Waals surface area contributed by atoms with Crippen LogP contribution in [0, 0.1) is 5.92 Å². The number of ether oxygens (including phenoxy) is 4. The fourth-order valence-corrected chi connectivity index (χ4v) is 6.05. The van der Waals surface area contributed by atoms with Gasteiger partial charge >= 0.3 is 5.97 Å². The molecule has 7 heteroatoms. The maximum atomic E-state index is 14.1. The lowest BCUT2D eigenvalue weighted by Crippen LogP contribution is -2.38. The van der Waals surface area contributed by atoms with Gasteiger partial charge in [-0.1, -0.05) is 67.9 Å². The number of unbranched alkanes of at least 4 members (excludes halogenated alkanes) is 1. The van der Waals surface area contributed by atoms with E-state index in [0.717, 1.165) is 29.5 Å². The number of benzene rings is 3. The molecule has 1 heterocycles. The topological polar surface area (TPSA) is 83.4 Å². The molecule has 0 bridgehead atoms. The molecule has 3 atom stereocenters. The number of hydrogen-bond donors (Lipinski definition) is 0. The summed E-state index contributed by atoms with van der Waals surface area (Å²) in [5.41, 5.74) is 4.74. The Morgan fingerprint density at radius 3 is 2.40 bits per heavy atom. The Morgan fingerprint density at radius 2 is 1.65 bits per heavy atom. The number of ketones is 1. The summed E-state index contributed by atoms with van der Waals surface area (Å²) in [5, 5.41) is 0. The number of carbonyl (C=O) groups excluding carboxylic acids is 2. The zero-order chi connectivity index (χ0) is 30.3. The van der Waals surface area contributed by atoms with Crippen molar-refractivity contribution < 1.29 is 28.5 Å². The predicted octanol–water partition coefficient (Wildman–Crippen LogP) is 7.20. The van der Waals surface area contributed by atoms with Crippen molar-refractivity contribution in [3.8, 4) is 17.2 Å². The van der Waals surface area contributed by atoms with Gasteiger partial charge in [-0.2, -0.15) is 0 Å². The second-order valence-electron chi connectivity index (χ2n) is 11.0. The van der Waals surface area contributed by atoms with E-state index in [4.69, 9.17) is 23.9 Å². The Labute approximate surface area is 253 Å². The molecule has 0 radical (unpaired) electrons. The Morgan fingerprint density at radius 1 is 0.907 bits per heavy atom. The van der Waals surface area contributed by atoms with Gasteiger partial charge in [-0.15, -0.1) is 0 Å². The van der Waals surface area contributed by atoms with Crippen LogP contribution in [0.2, 0.25) is 0 Å². The highest BCUT2D eigenvalue weighted by Gasteiger charge is 2.45. The second-order valence-corrected chi connectivity index (χ2v) is 11.0. The average Bonchev–Trinajstić information content (AvgIpc) is 3.03. The summed E-state index contributed by atoms with van der Waals surface area (Å²) in [6.45, 7) is 4.61. The molecule has 0 fully saturated rings. The molecular weight excluding hydrogens is 542 g/mol. The summed E-state index contributed by atoms with van der Waals surface area (Å²) >= 11 is 0. The number of methoxy groups -OCH3 is 2. The lowest BCUT2D eigenvalue weighted by atomic mass is 9.69. The predicted molar refractivity (Wildman–Crippen MR) is 166 cm³/mol. The van der Waals surface area contributed by atoms with Gasteiger partial charge < -0.3 is 18.9 Å². The number of esters is 1. The van der Waals surface area contributed by atoms with Crippen LogP contribution in [0.4, 0.5) is 0 Å². The SMILES string of the molecule is CCCCOC(=O)C1C(C)=NC2=C(C(=O)C[C@@H](c3ccc(OC)c(OC)c3)C2)[C@@H]1c1ccccc1OCc1ccccc1. The van der Waals surface area contributed by atoms with Gasteiger partial charge in [0.2, 0.25) is 0 Å². The van der Waals surface area contributed by atoms with Crippen molar-refractivity contribution >= 4 is 17.5 Å². The van der Waals surface area contributed by atoms with E-state index in [1.165, 1.54) is 0 Å². The Kier molecular flexibility index (Phi) is 9.60. The quantitative estimate of drug-likeness (QED) is 0.176. The molecule has 0 N–H and O–H groups in total. The fourth-order valence-electron chi connectivity index (χ4n) is 6.05. The summed E-state index contributed by atoms with van der Waals surface area (Å²) in [7, 11) is 3.20. The zero-order valence-corrected chi connectivity index (χ0v) is 25.3. The minimum atomic E-state index is -0.723. The third-order valence-corrected chi connectivity index (χ3v) is 8.25. The van der Waals surface area contributed by atoms with Gasteiger partial charge in [0.25, 0.3) is 0 Å². The minimum absolute atomic E-state index is 0.0218. The van der Waals surface area contributed by atoms with E-state index in [1.54, 1.807) is 14.2 Å². The highest BCUT2D eigenvalue weighted by atomic mass is 16.5. The number of carbonyl (C=O) groups is 2. The lowest BCUT2D eigenvalue weighted by Gasteiger charge is -2.37. The van der Waals surface area contributed by atoms with Crippen LogP contribution >= 0.6 is 0 Å². The molecule has 1 unspecified atom stereocenters. The number of rotatable bonds is 11. The summed E-state index contributed by atoms with van der Waals surface area (Å²) < 4.78 is 23.0. The maximum absolute atomic E-state index is 14.1. The van der Waals surface area contributed by atoms with Gasteiger partial charge in [-0.25, -0.2) is 0 Å². The molecule has 1 aliphatic carbocycles. The zero-order valence-electron chi connectivity index (χ0n) is 25.3. The lowest BCUT2D eigenvalue weighted by molar-refractivity contribution is -0.146. The van der Waals surface area contributed by atoms with E-state index in [1.807, 2.05) is 79.7 Å². The summed E-state index contributed by atoms with van der Waals surface area (Å²) in [6.07, 6.45) is 2.55. The van der Waals surface area contributed by atoms with E-state index >= 15 is 0 Å². The van der Waals surface area contributed by atoms with Gasteiger partial charge in [0.15, 0.2) is 17.3 Å². The number of allylic oxidation sites excluding steroid dienone is 2. The molecule has 3 aromatic carbocycles. The molecule has 7 nitrogen and oxygen atoms in total. The minimum Gasteiger partial charge on any atom is -0.493 e. The first kappa shape index (κ1) is 30.1. The van der Waals surface area contributed by atoms with Crippen molar-refractivity contribution in [3.05, 3.63) is 101 Å². The van der Waals surface area contributed by atoms with E-state index in [0.29, 0.717) is 60.3 Å². The fraction of sp³-hybridized carbons (Fsp3) is 0.361. The van der Waals surface area contributed by atoms with E-state index < -0.39 is 11.8 Å². The number of hydrogen-bond acceptors (Lipinski definition) is 7. The van der Waals surface area contributed by atoms with E-state index in [9.17, 15) is 9.59 Å². The summed E-state index contributed by atoms with van der Waals surface area (Å²) in [6, 6.07) is 23.4. The molecular formula is C36H39NO6. The molecule has 1 aliphatic heterocycles. The van der Waals surface area contributed by atoms with Crippen LogP contribution in [0.3, 0.4) is 0 Å². The van der Waals surface area contributed by atoms with Crippen molar-refractivity contribution in [3.63, 3.8) is 0 Å². The molecule has 0 spiro atoms. The molecule has 3 aromatic rings. The van der Waals surface area contributed by atoms with Gasteiger partial charge in [-0.3, -0.25) is 14.6 Å². The average molecular weight is 582 g/mol. The third kappa shape index (κ3) is 6.51. The number of nitrogens with zero attached hydrogens (tertiary/aromatic N) is 1. The van der Waals surface area contributed by atoms with Crippen LogP contribution in [0.15, 0.2) is 89.1 Å². The van der Waals surface area contributed by atoms with Crippen LogP contribution in [0.5, 0.6) is 17.2 Å². The maximum Gasteiger partial charge on any atom is 0.315 e. The summed E-state index contributed by atoms with van der Waals surface area (Å²) in [5.74, 6) is 0.140. The molecule has 224 valence electrons. The van der Waals surface area contributed by atoms with Gasteiger partial charge in [0.1, 0.15) is 18.3 Å². The number of para-hydroxylation sites is 1. The van der Waals surface area contributed by atoms with Crippen molar-refractivity contribution in [2.24, 2.45) is 10.9 Å². The van der Waals surface area contributed by atoms with Gasteiger partial charge in [0, 0.05) is 34.9 Å². The first-order valence-electron chi connectivity index (χ1n) is 14.9. The smallest absolute Gasteiger partial charge is 0.315 e. The second kappa shape index (κ2) is 13.7. The highest BCUT2D eigenvalue weighted by Crippen LogP contribution is 2.49.